The van der Waals surface area contributed by atoms with E-state index in [9.17, 15) is 19.5 Å². The first kappa shape index (κ1) is 17.2. The largest absolute Gasteiger partial charge is 0.481 e. The maximum atomic E-state index is 12.4. The summed E-state index contributed by atoms with van der Waals surface area (Å²) in [6.07, 6.45) is 0.900. The molecule has 122 valence electrons. The maximum absolute atomic E-state index is 12.4. The van der Waals surface area contributed by atoms with Crippen molar-refractivity contribution in [3.63, 3.8) is 0 Å². The summed E-state index contributed by atoms with van der Waals surface area (Å²) >= 11 is 6.04. The number of aryl methyl sites for hydroxylation is 1. The Morgan fingerprint density at radius 2 is 2.13 bits per heavy atom. The molecule has 2 N–H and O–H groups in total. The van der Waals surface area contributed by atoms with Crippen LogP contribution >= 0.6 is 24.0 Å². The SMILES string of the molecule is Cc1ccc(/C=C2/SC(=S)N(C(CCC(=O)O)C(=O)O)C2=O)o1. The normalized spacial score (nSPS) is 17.8. The van der Waals surface area contributed by atoms with E-state index in [1.165, 1.54) is 6.08 Å². The van der Waals surface area contributed by atoms with Crippen molar-refractivity contribution in [2.45, 2.75) is 25.8 Å². The van der Waals surface area contributed by atoms with E-state index in [0.717, 1.165) is 16.7 Å². The predicted molar refractivity (Wildman–Crippen MR) is 86.8 cm³/mol. The Morgan fingerprint density at radius 1 is 1.43 bits per heavy atom. The molecule has 1 aromatic rings. The lowest BCUT2D eigenvalue weighted by Gasteiger charge is -2.22. The highest BCUT2D eigenvalue weighted by atomic mass is 32.2. The van der Waals surface area contributed by atoms with Gasteiger partial charge in [0.2, 0.25) is 0 Å². The van der Waals surface area contributed by atoms with Crippen LogP contribution in [0.4, 0.5) is 0 Å². The van der Waals surface area contributed by atoms with Gasteiger partial charge in [0.15, 0.2) is 0 Å². The molecule has 2 heterocycles. The van der Waals surface area contributed by atoms with Crippen molar-refractivity contribution in [3.05, 3.63) is 28.6 Å². The summed E-state index contributed by atoms with van der Waals surface area (Å²) in [6, 6.07) is 2.11. The van der Waals surface area contributed by atoms with Crippen LogP contribution in [0.25, 0.3) is 6.08 Å². The molecule has 1 atom stereocenters. The second kappa shape index (κ2) is 6.97. The molecule has 1 amide bonds. The third-order valence-electron chi connectivity index (χ3n) is 3.09. The third kappa shape index (κ3) is 3.99. The first-order chi connectivity index (χ1) is 10.8. The van der Waals surface area contributed by atoms with Crippen LogP contribution in [0, 0.1) is 6.92 Å². The molecule has 0 radical (unpaired) electrons. The lowest BCUT2D eigenvalue weighted by molar-refractivity contribution is -0.146. The molecule has 1 aliphatic heterocycles. The van der Waals surface area contributed by atoms with Gasteiger partial charge in [0.25, 0.3) is 5.91 Å². The zero-order chi connectivity index (χ0) is 17.1. The summed E-state index contributed by atoms with van der Waals surface area (Å²) in [5, 5.41) is 18.0. The van der Waals surface area contributed by atoms with Gasteiger partial charge >= 0.3 is 11.9 Å². The monoisotopic (exact) mass is 355 g/mol. The van der Waals surface area contributed by atoms with Gasteiger partial charge < -0.3 is 14.6 Å². The Balaban J connectivity index is 2.24. The average Bonchev–Trinajstić information content (AvgIpc) is 2.96. The van der Waals surface area contributed by atoms with Crippen molar-refractivity contribution in [3.8, 4) is 0 Å². The van der Waals surface area contributed by atoms with E-state index >= 15 is 0 Å². The summed E-state index contributed by atoms with van der Waals surface area (Å²) in [6.45, 7) is 1.76. The third-order valence-corrected chi connectivity index (χ3v) is 4.42. The van der Waals surface area contributed by atoms with Gasteiger partial charge in [0, 0.05) is 12.5 Å². The number of carboxylic acids is 2. The predicted octanol–water partition coefficient (Wildman–Crippen LogP) is 2.11. The van der Waals surface area contributed by atoms with Gasteiger partial charge in [-0.2, -0.15) is 0 Å². The fourth-order valence-electron chi connectivity index (χ4n) is 2.03. The minimum Gasteiger partial charge on any atom is -0.481 e. The number of carboxylic acid groups (broad SMARTS) is 2. The minimum atomic E-state index is -1.30. The lowest BCUT2D eigenvalue weighted by Crippen LogP contribution is -2.44. The minimum absolute atomic E-state index is 0.0855. The van der Waals surface area contributed by atoms with Crippen molar-refractivity contribution >= 4 is 52.2 Å². The average molecular weight is 355 g/mol. The molecule has 0 bridgehead atoms. The van der Waals surface area contributed by atoms with Gasteiger partial charge in [0.1, 0.15) is 21.9 Å². The topological polar surface area (TPSA) is 108 Å². The Morgan fingerprint density at radius 3 is 2.65 bits per heavy atom. The highest BCUT2D eigenvalue weighted by molar-refractivity contribution is 8.26. The van der Waals surface area contributed by atoms with E-state index in [4.69, 9.17) is 21.7 Å². The van der Waals surface area contributed by atoms with Crippen molar-refractivity contribution in [1.29, 1.82) is 0 Å². The lowest BCUT2D eigenvalue weighted by atomic mass is 10.1. The van der Waals surface area contributed by atoms with Crippen LogP contribution in [0.3, 0.4) is 0 Å². The molecular weight excluding hydrogens is 342 g/mol. The Hall–Kier alpha value is -2.13. The Labute approximate surface area is 140 Å². The van der Waals surface area contributed by atoms with E-state index in [1.807, 2.05) is 0 Å². The van der Waals surface area contributed by atoms with Gasteiger partial charge in [0.05, 0.1) is 4.91 Å². The van der Waals surface area contributed by atoms with Crippen molar-refractivity contribution < 1.29 is 29.0 Å². The van der Waals surface area contributed by atoms with E-state index < -0.39 is 23.9 Å². The van der Waals surface area contributed by atoms with Gasteiger partial charge in [-0.05, 0) is 25.5 Å². The first-order valence-electron chi connectivity index (χ1n) is 6.57. The number of furan rings is 1. The number of hydrogen-bond donors (Lipinski definition) is 2. The number of hydrogen-bond acceptors (Lipinski definition) is 6. The Bertz CT molecular complexity index is 708. The molecule has 0 spiro atoms. The number of amides is 1. The van der Waals surface area contributed by atoms with E-state index in [2.05, 4.69) is 0 Å². The highest BCUT2D eigenvalue weighted by Gasteiger charge is 2.40. The van der Waals surface area contributed by atoms with E-state index in [0.29, 0.717) is 11.5 Å². The Kier molecular flexibility index (Phi) is 5.22. The van der Waals surface area contributed by atoms with Crippen molar-refractivity contribution in [1.82, 2.24) is 4.90 Å². The molecule has 9 heteroatoms. The summed E-state index contributed by atoms with van der Waals surface area (Å²) in [5.41, 5.74) is 0. The summed E-state index contributed by atoms with van der Waals surface area (Å²) in [5.74, 6) is -1.86. The van der Waals surface area contributed by atoms with Gasteiger partial charge in [-0.3, -0.25) is 14.5 Å². The van der Waals surface area contributed by atoms with Crippen LogP contribution in [0.5, 0.6) is 0 Å². The molecule has 7 nitrogen and oxygen atoms in total. The second-order valence-electron chi connectivity index (χ2n) is 4.79. The zero-order valence-electron chi connectivity index (χ0n) is 12.0. The summed E-state index contributed by atoms with van der Waals surface area (Å²) in [4.78, 5) is 35.6. The summed E-state index contributed by atoms with van der Waals surface area (Å²) < 4.78 is 5.44. The standard InChI is InChI=1S/C14H13NO6S2/c1-7-2-3-8(21-7)6-10-12(18)15(14(22)23-10)9(13(19)20)4-5-11(16)17/h2-3,6,9H,4-5H2,1H3,(H,16,17)(H,19,20)/b10-6+. The number of nitrogens with zero attached hydrogens (tertiary/aromatic N) is 1. The quantitative estimate of drug-likeness (QED) is 0.590. The van der Waals surface area contributed by atoms with Gasteiger partial charge in [-0.1, -0.05) is 24.0 Å². The highest BCUT2D eigenvalue weighted by Crippen LogP contribution is 2.35. The zero-order valence-corrected chi connectivity index (χ0v) is 13.6. The number of carbonyl (C=O) groups is 3. The molecule has 1 aliphatic rings. The van der Waals surface area contributed by atoms with Crippen LogP contribution in [0.2, 0.25) is 0 Å². The van der Waals surface area contributed by atoms with Gasteiger partial charge in [-0.25, -0.2) is 4.79 Å². The van der Waals surface area contributed by atoms with E-state index in [-0.39, 0.29) is 22.1 Å². The molecule has 23 heavy (non-hydrogen) atoms. The second-order valence-corrected chi connectivity index (χ2v) is 6.46. The van der Waals surface area contributed by atoms with Crippen molar-refractivity contribution in [2.75, 3.05) is 0 Å². The van der Waals surface area contributed by atoms with Crippen LogP contribution in [-0.2, 0) is 14.4 Å². The van der Waals surface area contributed by atoms with Crippen LogP contribution in [-0.4, -0.2) is 43.3 Å². The van der Waals surface area contributed by atoms with Crippen molar-refractivity contribution in [2.24, 2.45) is 0 Å². The molecule has 0 saturated carbocycles. The number of aliphatic carboxylic acids is 2. The van der Waals surface area contributed by atoms with Gasteiger partial charge in [-0.15, -0.1) is 0 Å². The maximum Gasteiger partial charge on any atom is 0.326 e. The van der Waals surface area contributed by atoms with E-state index in [1.54, 1.807) is 19.1 Å². The number of thiocarbonyl (C=S) groups is 1. The summed E-state index contributed by atoms with van der Waals surface area (Å²) in [7, 11) is 0. The van der Waals surface area contributed by atoms with Crippen LogP contribution in [0.15, 0.2) is 21.5 Å². The molecule has 0 aromatic carbocycles. The molecule has 2 rings (SSSR count). The number of rotatable bonds is 6. The van der Waals surface area contributed by atoms with Crippen LogP contribution in [0.1, 0.15) is 24.4 Å². The molecule has 1 unspecified atom stereocenters. The fraction of sp³-hybridized carbons (Fsp3) is 0.286. The molecule has 1 fully saturated rings. The number of thioether (sulfide) groups is 1. The molecule has 1 saturated heterocycles. The number of carbonyl (C=O) groups excluding carboxylic acids is 1. The molecule has 1 aromatic heterocycles. The molecular formula is C14H13NO6S2. The first-order valence-corrected chi connectivity index (χ1v) is 7.80. The fourth-order valence-corrected chi connectivity index (χ4v) is 3.37. The molecule has 0 aliphatic carbocycles. The van der Waals surface area contributed by atoms with Crippen LogP contribution < -0.4 is 0 Å². The smallest absolute Gasteiger partial charge is 0.326 e.